The summed E-state index contributed by atoms with van der Waals surface area (Å²) in [5.74, 6) is -2.51. The van der Waals surface area contributed by atoms with E-state index in [1.165, 1.54) is 0 Å². The highest BCUT2D eigenvalue weighted by Crippen LogP contribution is 2.22. The number of piperidine rings is 1. The second-order valence-corrected chi connectivity index (χ2v) is 3.30. The van der Waals surface area contributed by atoms with E-state index in [0.29, 0.717) is 6.42 Å². The molecule has 1 saturated heterocycles. The third kappa shape index (κ3) is 1.18. The number of Topliss-reactive ketones (excluding diaryl/α,β-unsaturated/α-hetero) is 2. The average molecular weight is 179 g/mol. The van der Waals surface area contributed by atoms with Gasteiger partial charge in [-0.05, 0) is 12.8 Å². The van der Waals surface area contributed by atoms with Gasteiger partial charge in [0.05, 0.1) is 12.0 Å². The van der Waals surface area contributed by atoms with Crippen LogP contribution in [0, 0.1) is 5.92 Å². The van der Waals surface area contributed by atoms with E-state index in [9.17, 15) is 14.4 Å². The van der Waals surface area contributed by atoms with Gasteiger partial charge in [0.15, 0.2) is 0 Å². The highest BCUT2D eigenvalue weighted by Gasteiger charge is 2.41. The number of hydrogen-bond acceptors (Lipinski definition) is 3. The van der Waals surface area contributed by atoms with E-state index in [2.05, 4.69) is 5.32 Å². The number of nitrogens with one attached hydrogen (secondary N) is 1. The van der Waals surface area contributed by atoms with Gasteiger partial charge in [-0.3, -0.25) is 14.4 Å². The quantitative estimate of drug-likeness (QED) is 0.406. The van der Waals surface area contributed by atoms with Crippen LogP contribution in [0.2, 0.25) is 0 Å². The molecule has 1 heterocycles. The van der Waals surface area contributed by atoms with Crippen molar-refractivity contribution in [3.8, 4) is 0 Å². The van der Waals surface area contributed by atoms with E-state index in [1.54, 1.807) is 6.08 Å². The fourth-order valence-corrected chi connectivity index (χ4v) is 1.77. The summed E-state index contributed by atoms with van der Waals surface area (Å²) in [7, 11) is 0. The Bertz CT molecular complexity index is 319. The molecule has 4 nitrogen and oxygen atoms in total. The zero-order valence-electron chi connectivity index (χ0n) is 6.95. The maximum absolute atomic E-state index is 11.3. The lowest BCUT2D eigenvalue weighted by molar-refractivity contribution is -0.149. The Morgan fingerprint density at radius 3 is 2.85 bits per heavy atom. The highest BCUT2D eigenvalue weighted by molar-refractivity contribution is 6.64. The first-order chi connectivity index (χ1) is 6.20. The molecule has 0 aromatic carbocycles. The van der Waals surface area contributed by atoms with Crippen molar-refractivity contribution >= 4 is 17.5 Å². The summed E-state index contributed by atoms with van der Waals surface area (Å²) in [6, 6.07) is -0.258. The number of ketones is 2. The van der Waals surface area contributed by atoms with E-state index in [0.717, 1.165) is 6.42 Å². The first-order valence-corrected chi connectivity index (χ1v) is 4.26. The summed E-state index contributed by atoms with van der Waals surface area (Å²) in [4.78, 5) is 33.3. The van der Waals surface area contributed by atoms with Gasteiger partial charge in [-0.25, -0.2) is 0 Å². The standard InChI is InChI=1S/C9H9NO3/c11-7-5-3-1-2-4-6(5)10-9(13)8(7)12/h2,4-6H,1,3H2,(H,10,13). The van der Waals surface area contributed by atoms with Crippen molar-refractivity contribution < 1.29 is 14.4 Å². The second kappa shape index (κ2) is 2.80. The lowest BCUT2D eigenvalue weighted by Crippen LogP contribution is -2.55. The Labute approximate surface area is 75.0 Å². The van der Waals surface area contributed by atoms with Crippen molar-refractivity contribution in [2.24, 2.45) is 5.92 Å². The van der Waals surface area contributed by atoms with Crippen molar-refractivity contribution in [3.63, 3.8) is 0 Å². The van der Waals surface area contributed by atoms with Gasteiger partial charge in [-0.1, -0.05) is 12.2 Å². The summed E-state index contributed by atoms with van der Waals surface area (Å²) in [5.41, 5.74) is 0. The molecular formula is C9H9NO3. The van der Waals surface area contributed by atoms with E-state index in [1.807, 2.05) is 6.08 Å². The third-order valence-electron chi connectivity index (χ3n) is 2.49. The van der Waals surface area contributed by atoms with Crippen LogP contribution in [0.1, 0.15) is 12.8 Å². The van der Waals surface area contributed by atoms with Crippen LogP contribution >= 0.6 is 0 Å². The van der Waals surface area contributed by atoms with Gasteiger partial charge in [0, 0.05) is 0 Å². The van der Waals surface area contributed by atoms with Crippen LogP contribution in [0.15, 0.2) is 12.2 Å². The summed E-state index contributed by atoms with van der Waals surface area (Å²) >= 11 is 0. The fourth-order valence-electron chi connectivity index (χ4n) is 1.77. The molecular weight excluding hydrogens is 170 g/mol. The number of fused-ring (bicyclic) bond motifs is 1. The minimum Gasteiger partial charge on any atom is -0.342 e. The molecule has 0 radical (unpaired) electrons. The molecule has 0 aromatic rings. The van der Waals surface area contributed by atoms with Crippen molar-refractivity contribution in [1.82, 2.24) is 5.32 Å². The highest BCUT2D eigenvalue weighted by atomic mass is 16.2. The van der Waals surface area contributed by atoms with E-state index < -0.39 is 17.5 Å². The van der Waals surface area contributed by atoms with E-state index >= 15 is 0 Å². The molecule has 68 valence electrons. The normalized spacial score (nSPS) is 32.8. The minimum absolute atomic E-state index is 0.258. The maximum atomic E-state index is 11.3. The molecule has 4 heteroatoms. The number of allylic oxidation sites excluding steroid dienone is 1. The Kier molecular flexibility index (Phi) is 1.76. The molecule has 0 spiro atoms. The summed E-state index contributed by atoms with van der Waals surface area (Å²) in [6.07, 6.45) is 5.17. The predicted octanol–water partition coefficient (Wildman–Crippen LogP) is -0.411. The SMILES string of the molecule is O=C1NC2C=CCCC2C(=O)C1=O. The van der Waals surface area contributed by atoms with Gasteiger partial charge in [-0.15, -0.1) is 0 Å². The lowest BCUT2D eigenvalue weighted by atomic mass is 9.82. The van der Waals surface area contributed by atoms with Crippen molar-refractivity contribution in [2.75, 3.05) is 0 Å². The Balaban J connectivity index is 2.30. The molecule has 13 heavy (non-hydrogen) atoms. The molecule has 1 N–H and O–H groups in total. The maximum Gasteiger partial charge on any atom is 0.296 e. The number of rotatable bonds is 0. The van der Waals surface area contributed by atoms with Gasteiger partial charge in [0.25, 0.3) is 11.7 Å². The summed E-state index contributed by atoms with van der Waals surface area (Å²) in [6.45, 7) is 0. The smallest absolute Gasteiger partial charge is 0.296 e. The summed E-state index contributed by atoms with van der Waals surface area (Å²) in [5, 5.41) is 2.50. The second-order valence-electron chi connectivity index (χ2n) is 3.30. The Morgan fingerprint density at radius 1 is 1.31 bits per heavy atom. The molecule has 2 rings (SSSR count). The Hall–Kier alpha value is -1.45. The van der Waals surface area contributed by atoms with Crippen LogP contribution in [-0.4, -0.2) is 23.5 Å². The van der Waals surface area contributed by atoms with Gasteiger partial charge in [0.2, 0.25) is 5.78 Å². The van der Waals surface area contributed by atoms with Crippen LogP contribution < -0.4 is 5.32 Å². The van der Waals surface area contributed by atoms with Crippen LogP contribution in [0.25, 0.3) is 0 Å². The first kappa shape index (κ1) is 8.16. The topological polar surface area (TPSA) is 63.2 Å². The number of carbonyl (C=O) groups excluding carboxylic acids is 3. The predicted molar refractivity (Wildman–Crippen MR) is 43.8 cm³/mol. The third-order valence-corrected chi connectivity index (χ3v) is 2.49. The number of carbonyl (C=O) groups is 3. The molecule has 2 atom stereocenters. The molecule has 2 unspecified atom stereocenters. The van der Waals surface area contributed by atoms with Crippen molar-refractivity contribution in [3.05, 3.63) is 12.2 Å². The molecule has 1 fully saturated rings. The lowest BCUT2D eigenvalue weighted by Gasteiger charge is -2.29. The number of hydrogen-bond donors (Lipinski definition) is 1. The van der Waals surface area contributed by atoms with Gasteiger partial charge >= 0.3 is 0 Å². The number of amides is 1. The Morgan fingerprint density at radius 2 is 2.08 bits per heavy atom. The monoisotopic (exact) mass is 179 g/mol. The van der Waals surface area contributed by atoms with Crippen LogP contribution in [-0.2, 0) is 14.4 Å². The largest absolute Gasteiger partial charge is 0.342 e. The van der Waals surface area contributed by atoms with Gasteiger partial charge in [-0.2, -0.15) is 0 Å². The van der Waals surface area contributed by atoms with Crippen molar-refractivity contribution in [2.45, 2.75) is 18.9 Å². The zero-order valence-corrected chi connectivity index (χ0v) is 6.95. The first-order valence-electron chi connectivity index (χ1n) is 4.26. The molecule has 1 amide bonds. The molecule has 0 saturated carbocycles. The molecule has 0 bridgehead atoms. The van der Waals surface area contributed by atoms with Crippen LogP contribution in [0.5, 0.6) is 0 Å². The van der Waals surface area contributed by atoms with Crippen LogP contribution in [0.4, 0.5) is 0 Å². The molecule has 2 aliphatic rings. The van der Waals surface area contributed by atoms with Crippen LogP contribution in [0.3, 0.4) is 0 Å². The zero-order chi connectivity index (χ0) is 9.42. The summed E-state index contributed by atoms with van der Waals surface area (Å²) < 4.78 is 0. The van der Waals surface area contributed by atoms with E-state index in [4.69, 9.17) is 0 Å². The van der Waals surface area contributed by atoms with E-state index in [-0.39, 0.29) is 12.0 Å². The minimum atomic E-state index is -0.892. The van der Waals surface area contributed by atoms with Gasteiger partial charge < -0.3 is 5.32 Å². The molecule has 1 aliphatic heterocycles. The fraction of sp³-hybridized carbons (Fsp3) is 0.444. The molecule has 0 aromatic heterocycles. The average Bonchev–Trinajstić information content (AvgIpc) is 2.15. The van der Waals surface area contributed by atoms with Gasteiger partial charge in [0.1, 0.15) is 0 Å². The molecule has 1 aliphatic carbocycles. The van der Waals surface area contributed by atoms with Crippen molar-refractivity contribution in [1.29, 1.82) is 0 Å².